The highest BCUT2D eigenvalue weighted by Gasteiger charge is 2.25. The number of para-hydroxylation sites is 1. The van der Waals surface area contributed by atoms with Crippen molar-refractivity contribution in [1.82, 2.24) is 5.32 Å². The second-order valence-corrected chi connectivity index (χ2v) is 4.04. The number of benzene rings is 1. The highest BCUT2D eigenvalue weighted by atomic mass is 16.6. The van der Waals surface area contributed by atoms with Gasteiger partial charge in [0.2, 0.25) is 0 Å². The summed E-state index contributed by atoms with van der Waals surface area (Å²) < 4.78 is 15.9. The molecule has 17 heavy (non-hydrogen) atoms. The minimum Gasteiger partial charge on any atom is -0.486 e. The molecule has 3 rings (SSSR count). The van der Waals surface area contributed by atoms with E-state index in [4.69, 9.17) is 14.2 Å². The number of nitrogens with one attached hydrogen (secondary N) is 1. The van der Waals surface area contributed by atoms with E-state index in [1.165, 1.54) is 0 Å². The van der Waals surface area contributed by atoms with Crippen LogP contribution in [-0.2, 0) is 4.74 Å². The molecule has 1 N–H and O–H groups in total. The molecule has 1 saturated heterocycles. The van der Waals surface area contributed by atoms with Crippen LogP contribution in [0.15, 0.2) is 18.2 Å². The number of hydrogen-bond acceptors (Lipinski definition) is 4. The molecule has 0 bridgehead atoms. The maximum absolute atomic E-state index is 12.0. The number of carbonyl (C=O) groups excluding carboxylic acids is 1. The summed E-state index contributed by atoms with van der Waals surface area (Å²) in [5.74, 6) is 1.03. The van der Waals surface area contributed by atoms with Crippen LogP contribution in [0.1, 0.15) is 10.4 Å². The number of amides is 1. The zero-order valence-corrected chi connectivity index (χ0v) is 9.27. The van der Waals surface area contributed by atoms with E-state index >= 15 is 0 Å². The SMILES string of the molecule is O=C(NC1COC1)c1cccc2c1OCCO2. The van der Waals surface area contributed by atoms with Gasteiger partial charge in [-0.05, 0) is 12.1 Å². The Hall–Kier alpha value is -1.75. The summed E-state index contributed by atoms with van der Waals surface area (Å²) in [6.45, 7) is 2.16. The van der Waals surface area contributed by atoms with E-state index in [2.05, 4.69) is 5.32 Å². The molecular formula is C12H13NO4. The summed E-state index contributed by atoms with van der Waals surface area (Å²) >= 11 is 0. The fourth-order valence-electron chi connectivity index (χ4n) is 1.83. The van der Waals surface area contributed by atoms with Crippen LogP contribution >= 0.6 is 0 Å². The summed E-state index contributed by atoms with van der Waals surface area (Å²) in [6.07, 6.45) is 0. The zero-order valence-electron chi connectivity index (χ0n) is 9.27. The van der Waals surface area contributed by atoms with Crippen molar-refractivity contribution in [2.24, 2.45) is 0 Å². The third-order valence-electron chi connectivity index (χ3n) is 2.78. The van der Waals surface area contributed by atoms with Gasteiger partial charge in [-0.2, -0.15) is 0 Å². The minimum atomic E-state index is -0.138. The average molecular weight is 235 g/mol. The topological polar surface area (TPSA) is 56.8 Å². The van der Waals surface area contributed by atoms with Crippen molar-refractivity contribution in [3.63, 3.8) is 0 Å². The minimum absolute atomic E-state index is 0.114. The van der Waals surface area contributed by atoms with Gasteiger partial charge in [0, 0.05) is 0 Å². The summed E-state index contributed by atoms with van der Waals surface area (Å²) in [6, 6.07) is 5.45. The van der Waals surface area contributed by atoms with Gasteiger partial charge in [-0.25, -0.2) is 0 Å². The van der Waals surface area contributed by atoms with E-state index < -0.39 is 0 Å². The van der Waals surface area contributed by atoms with Gasteiger partial charge in [0.15, 0.2) is 11.5 Å². The Morgan fingerprint density at radius 2 is 2.06 bits per heavy atom. The molecular weight excluding hydrogens is 222 g/mol. The smallest absolute Gasteiger partial charge is 0.255 e. The molecule has 0 aromatic heterocycles. The monoisotopic (exact) mass is 235 g/mol. The Balaban J connectivity index is 1.83. The first-order valence-electron chi connectivity index (χ1n) is 5.62. The zero-order chi connectivity index (χ0) is 11.7. The van der Waals surface area contributed by atoms with Gasteiger partial charge in [0.1, 0.15) is 13.2 Å². The van der Waals surface area contributed by atoms with Crippen LogP contribution in [0.5, 0.6) is 11.5 Å². The molecule has 1 amide bonds. The van der Waals surface area contributed by atoms with Crippen LogP contribution in [0, 0.1) is 0 Å². The molecule has 0 aliphatic carbocycles. The molecule has 0 saturated carbocycles. The van der Waals surface area contributed by atoms with Crippen LogP contribution in [0.4, 0.5) is 0 Å². The number of ether oxygens (including phenoxy) is 3. The first kappa shape index (κ1) is 10.4. The molecule has 1 fully saturated rings. The second kappa shape index (κ2) is 4.25. The Bertz CT molecular complexity index is 442. The van der Waals surface area contributed by atoms with E-state index in [9.17, 15) is 4.79 Å². The first-order chi connectivity index (χ1) is 8.34. The maximum Gasteiger partial charge on any atom is 0.255 e. The van der Waals surface area contributed by atoms with E-state index in [0.717, 1.165) is 0 Å². The van der Waals surface area contributed by atoms with Gasteiger partial charge in [-0.15, -0.1) is 0 Å². The Kier molecular flexibility index (Phi) is 2.60. The van der Waals surface area contributed by atoms with Crippen molar-refractivity contribution < 1.29 is 19.0 Å². The largest absolute Gasteiger partial charge is 0.486 e. The van der Waals surface area contributed by atoms with Gasteiger partial charge in [-0.1, -0.05) is 6.07 Å². The molecule has 2 heterocycles. The molecule has 5 heteroatoms. The molecule has 5 nitrogen and oxygen atoms in total. The number of rotatable bonds is 2. The number of fused-ring (bicyclic) bond motifs is 1. The second-order valence-electron chi connectivity index (χ2n) is 4.04. The molecule has 1 aromatic carbocycles. The lowest BCUT2D eigenvalue weighted by Gasteiger charge is -2.27. The molecule has 0 radical (unpaired) electrons. The van der Waals surface area contributed by atoms with Gasteiger partial charge in [-0.3, -0.25) is 4.79 Å². The predicted octanol–water partition coefficient (Wildman–Crippen LogP) is 0.586. The lowest BCUT2D eigenvalue weighted by Crippen LogP contribution is -2.48. The fraction of sp³-hybridized carbons (Fsp3) is 0.417. The summed E-state index contributed by atoms with van der Waals surface area (Å²) in [7, 11) is 0. The number of hydrogen-bond donors (Lipinski definition) is 1. The van der Waals surface area contributed by atoms with E-state index in [0.29, 0.717) is 43.5 Å². The lowest BCUT2D eigenvalue weighted by molar-refractivity contribution is -0.00354. The first-order valence-corrected chi connectivity index (χ1v) is 5.62. The Labute approximate surface area is 98.7 Å². The number of carbonyl (C=O) groups is 1. The van der Waals surface area contributed by atoms with Crippen LogP contribution in [-0.4, -0.2) is 38.4 Å². The van der Waals surface area contributed by atoms with Gasteiger partial charge >= 0.3 is 0 Å². The van der Waals surface area contributed by atoms with Crippen molar-refractivity contribution in [1.29, 1.82) is 0 Å². The Morgan fingerprint density at radius 1 is 1.24 bits per heavy atom. The van der Waals surface area contributed by atoms with Crippen molar-refractivity contribution in [3.8, 4) is 11.5 Å². The predicted molar refractivity (Wildman–Crippen MR) is 59.5 cm³/mol. The summed E-state index contributed by atoms with van der Waals surface area (Å²) in [5, 5.41) is 2.88. The molecule has 1 aromatic rings. The summed E-state index contributed by atoms with van der Waals surface area (Å²) in [5.41, 5.74) is 0.522. The van der Waals surface area contributed by atoms with Gasteiger partial charge < -0.3 is 19.5 Å². The molecule has 0 spiro atoms. The van der Waals surface area contributed by atoms with Crippen LogP contribution in [0.25, 0.3) is 0 Å². The van der Waals surface area contributed by atoms with Gasteiger partial charge in [0.25, 0.3) is 5.91 Å². The summed E-state index contributed by atoms with van der Waals surface area (Å²) in [4.78, 5) is 12.0. The third kappa shape index (κ3) is 1.93. The molecule has 90 valence electrons. The van der Waals surface area contributed by atoms with Crippen LogP contribution in [0.3, 0.4) is 0 Å². The van der Waals surface area contributed by atoms with Crippen molar-refractivity contribution in [2.45, 2.75) is 6.04 Å². The van der Waals surface area contributed by atoms with Crippen LogP contribution < -0.4 is 14.8 Å². The van der Waals surface area contributed by atoms with Crippen molar-refractivity contribution >= 4 is 5.91 Å². The highest BCUT2D eigenvalue weighted by Crippen LogP contribution is 2.33. The highest BCUT2D eigenvalue weighted by molar-refractivity contribution is 5.98. The molecule has 2 aliphatic heterocycles. The quantitative estimate of drug-likeness (QED) is 0.815. The molecule has 0 unspecified atom stereocenters. The van der Waals surface area contributed by atoms with Crippen LogP contribution in [0.2, 0.25) is 0 Å². The van der Waals surface area contributed by atoms with E-state index in [1.807, 2.05) is 0 Å². The fourth-order valence-corrected chi connectivity index (χ4v) is 1.83. The molecule has 2 aliphatic rings. The maximum atomic E-state index is 12.0. The molecule has 0 atom stereocenters. The van der Waals surface area contributed by atoms with Crippen molar-refractivity contribution in [2.75, 3.05) is 26.4 Å². The Morgan fingerprint density at radius 3 is 2.82 bits per heavy atom. The normalized spacial score (nSPS) is 18.4. The third-order valence-corrected chi connectivity index (χ3v) is 2.78. The van der Waals surface area contributed by atoms with E-state index in [1.54, 1.807) is 18.2 Å². The van der Waals surface area contributed by atoms with Crippen molar-refractivity contribution in [3.05, 3.63) is 23.8 Å². The van der Waals surface area contributed by atoms with E-state index in [-0.39, 0.29) is 11.9 Å². The van der Waals surface area contributed by atoms with Gasteiger partial charge in [0.05, 0.1) is 24.8 Å². The average Bonchev–Trinajstić information content (AvgIpc) is 2.33. The standard InChI is InChI=1S/C12H13NO4/c14-12(13-8-6-15-7-8)9-2-1-3-10-11(9)17-5-4-16-10/h1-3,8H,4-7H2,(H,13,14). The lowest BCUT2D eigenvalue weighted by atomic mass is 10.1.